The highest BCUT2D eigenvalue weighted by Gasteiger charge is 2.17. The Morgan fingerprint density at radius 2 is 2.07 bits per heavy atom. The normalized spacial score (nSPS) is 11.5. The lowest BCUT2D eigenvalue weighted by Gasteiger charge is -2.02. The fraction of sp³-hybridized carbons (Fsp3) is 0. The first-order valence-electron chi connectivity index (χ1n) is 4.11. The minimum atomic E-state index is -3.78. The van der Waals surface area contributed by atoms with Crippen molar-refractivity contribution in [2.75, 3.05) is 0 Å². The Balaban J connectivity index is 2.68. The number of furan rings is 1. The molecular formula is C9H8N2O3S. The number of sulfonamides is 1. The summed E-state index contributed by atoms with van der Waals surface area (Å²) in [5.74, 6) is 0.375. The Bertz CT molecular complexity index is 561. The highest BCUT2D eigenvalue weighted by atomic mass is 32.2. The fourth-order valence-electron chi connectivity index (χ4n) is 1.22. The number of hydrogen-bond acceptors (Lipinski definition) is 4. The van der Waals surface area contributed by atoms with Crippen molar-refractivity contribution >= 4 is 10.0 Å². The molecule has 2 aromatic heterocycles. The third-order valence-corrected chi connectivity index (χ3v) is 2.77. The first-order chi connectivity index (χ1) is 7.09. The molecule has 0 aliphatic carbocycles. The molecule has 0 aliphatic heterocycles. The Morgan fingerprint density at radius 1 is 1.27 bits per heavy atom. The van der Waals surface area contributed by atoms with Gasteiger partial charge in [0.15, 0.2) is 5.76 Å². The maximum absolute atomic E-state index is 11.2. The Kier molecular flexibility index (Phi) is 2.29. The van der Waals surface area contributed by atoms with Crippen LogP contribution in [0.15, 0.2) is 46.0 Å². The van der Waals surface area contributed by atoms with Gasteiger partial charge in [0.25, 0.3) is 0 Å². The Morgan fingerprint density at radius 3 is 2.67 bits per heavy atom. The second kappa shape index (κ2) is 3.48. The lowest BCUT2D eigenvalue weighted by Crippen LogP contribution is -2.13. The van der Waals surface area contributed by atoms with Crippen LogP contribution in [0.4, 0.5) is 0 Å². The molecule has 2 heterocycles. The van der Waals surface area contributed by atoms with Gasteiger partial charge in [-0.1, -0.05) is 0 Å². The van der Waals surface area contributed by atoms with Crippen molar-refractivity contribution in [1.29, 1.82) is 0 Å². The summed E-state index contributed by atoms with van der Waals surface area (Å²) in [5.41, 5.74) is 0.227. The van der Waals surface area contributed by atoms with Crippen LogP contribution in [0.5, 0.6) is 0 Å². The SMILES string of the molecule is NS(=O)(=O)c1cccnc1-c1ccco1. The molecule has 0 bridgehead atoms. The van der Waals surface area contributed by atoms with E-state index in [4.69, 9.17) is 9.56 Å². The summed E-state index contributed by atoms with van der Waals surface area (Å²) >= 11 is 0. The molecule has 0 aliphatic rings. The van der Waals surface area contributed by atoms with Gasteiger partial charge < -0.3 is 4.42 Å². The van der Waals surface area contributed by atoms with E-state index >= 15 is 0 Å². The minimum absolute atomic E-state index is 0.0417. The molecule has 0 spiro atoms. The molecule has 0 unspecified atom stereocenters. The van der Waals surface area contributed by atoms with Crippen LogP contribution in [-0.4, -0.2) is 13.4 Å². The number of aromatic nitrogens is 1. The number of nitrogens with zero attached hydrogens (tertiary/aromatic N) is 1. The Labute approximate surface area is 86.6 Å². The van der Waals surface area contributed by atoms with E-state index in [0.717, 1.165) is 0 Å². The predicted octanol–water partition coefficient (Wildman–Crippen LogP) is 0.989. The molecular weight excluding hydrogens is 216 g/mol. The molecule has 0 radical (unpaired) electrons. The van der Waals surface area contributed by atoms with Crippen LogP contribution >= 0.6 is 0 Å². The van der Waals surface area contributed by atoms with Gasteiger partial charge in [-0.25, -0.2) is 13.6 Å². The molecule has 78 valence electrons. The van der Waals surface area contributed by atoms with Crippen LogP contribution in [0.25, 0.3) is 11.5 Å². The van der Waals surface area contributed by atoms with Crippen LogP contribution in [-0.2, 0) is 10.0 Å². The zero-order valence-corrected chi connectivity index (χ0v) is 8.44. The maximum atomic E-state index is 11.2. The highest BCUT2D eigenvalue weighted by Crippen LogP contribution is 2.23. The first-order valence-corrected chi connectivity index (χ1v) is 5.65. The number of primary sulfonamides is 1. The average Bonchev–Trinajstić information content (AvgIpc) is 2.69. The molecule has 2 aromatic rings. The van der Waals surface area contributed by atoms with E-state index in [2.05, 4.69) is 4.98 Å². The van der Waals surface area contributed by atoms with Gasteiger partial charge in [-0.2, -0.15) is 0 Å². The van der Waals surface area contributed by atoms with Crippen LogP contribution in [0.1, 0.15) is 0 Å². The molecule has 0 saturated heterocycles. The van der Waals surface area contributed by atoms with Crippen molar-refractivity contribution in [1.82, 2.24) is 4.98 Å². The molecule has 2 N–H and O–H groups in total. The highest BCUT2D eigenvalue weighted by molar-refractivity contribution is 7.89. The van der Waals surface area contributed by atoms with Gasteiger partial charge in [0, 0.05) is 6.20 Å². The largest absolute Gasteiger partial charge is 0.463 e. The maximum Gasteiger partial charge on any atom is 0.240 e. The Hall–Kier alpha value is -1.66. The predicted molar refractivity (Wildman–Crippen MR) is 53.3 cm³/mol. The van der Waals surface area contributed by atoms with E-state index in [9.17, 15) is 8.42 Å². The van der Waals surface area contributed by atoms with Crippen molar-refractivity contribution in [3.05, 3.63) is 36.7 Å². The van der Waals surface area contributed by atoms with Gasteiger partial charge in [0.1, 0.15) is 10.6 Å². The number of hydrogen-bond donors (Lipinski definition) is 1. The first kappa shape index (κ1) is 9.88. The summed E-state index contributed by atoms with van der Waals surface area (Å²) in [7, 11) is -3.78. The second-order valence-electron chi connectivity index (χ2n) is 2.87. The summed E-state index contributed by atoms with van der Waals surface area (Å²) in [5, 5.41) is 5.05. The van der Waals surface area contributed by atoms with Crippen LogP contribution in [0.3, 0.4) is 0 Å². The van der Waals surface area contributed by atoms with E-state index in [-0.39, 0.29) is 10.6 Å². The minimum Gasteiger partial charge on any atom is -0.463 e. The van der Waals surface area contributed by atoms with E-state index in [0.29, 0.717) is 5.76 Å². The zero-order valence-electron chi connectivity index (χ0n) is 7.62. The molecule has 15 heavy (non-hydrogen) atoms. The van der Waals surface area contributed by atoms with Crippen molar-refractivity contribution in [2.45, 2.75) is 4.90 Å². The van der Waals surface area contributed by atoms with Crippen molar-refractivity contribution in [2.24, 2.45) is 5.14 Å². The third-order valence-electron chi connectivity index (χ3n) is 1.83. The topological polar surface area (TPSA) is 86.2 Å². The van der Waals surface area contributed by atoms with Crippen LogP contribution in [0, 0.1) is 0 Å². The smallest absolute Gasteiger partial charge is 0.240 e. The van der Waals surface area contributed by atoms with E-state index in [1.165, 1.54) is 24.6 Å². The van der Waals surface area contributed by atoms with Gasteiger partial charge in [0.05, 0.1) is 6.26 Å². The summed E-state index contributed by atoms with van der Waals surface area (Å²) in [6, 6.07) is 6.17. The summed E-state index contributed by atoms with van der Waals surface area (Å²) in [6.45, 7) is 0. The van der Waals surface area contributed by atoms with Crippen molar-refractivity contribution in [3.8, 4) is 11.5 Å². The van der Waals surface area contributed by atoms with E-state index in [1.54, 1.807) is 12.1 Å². The molecule has 0 atom stereocenters. The summed E-state index contributed by atoms with van der Waals surface area (Å²) in [6.07, 6.45) is 2.92. The number of rotatable bonds is 2. The average molecular weight is 224 g/mol. The van der Waals surface area contributed by atoms with Crippen LogP contribution in [0.2, 0.25) is 0 Å². The molecule has 5 nitrogen and oxygen atoms in total. The third kappa shape index (κ3) is 1.90. The molecule has 0 saturated carbocycles. The van der Waals surface area contributed by atoms with Crippen LogP contribution < -0.4 is 5.14 Å². The lowest BCUT2D eigenvalue weighted by molar-refractivity contribution is 0.574. The van der Waals surface area contributed by atoms with E-state index < -0.39 is 10.0 Å². The van der Waals surface area contributed by atoms with Crippen molar-refractivity contribution < 1.29 is 12.8 Å². The zero-order chi connectivity index (χ0) is 10.9. The van der Waals surface area contributed by atoms with E-state index in [1.807, 2.05) is 0 Å². The van der Waals surface area contributed by atoms with Gasteiger partial charge in [0.2, 0.25) is 10.0 Å². The molecule has 2 rings (SSSR count). The second-order valence-corrected chi connectivity index (χ2v) is 4.40. The van der Waals surface area contributed by atoms with Crippen molar-refractivity contribution in [3.63, 3.8) is 0 Å². The monoisotopic (exact) mass is 224 g/mol. The number of pyridine rings is 1. The molecule has 0 fully saturated rings. The molecule has 0 amide bonds. The summed E-state index contributed by atoms with van der Waals surface area (Å²) in [4.78, 5) is 3.89. The summed E-state index contributed by atoms with van der Waals surface area (Å²) < 4.78 is 27.6. The molecule has 6 heteroatoms. The fourth-order valence-corrected chi connectivity index (χ4v) is 1.91. The van der Waals surface area contributed by atoms with Gasteiger partial charge in [-0.3, -0.25) is 4.98 Å². The standard InChI is InChI=1S/C9H8N2O3S/c10-15(12,13)8-4-1-5-11-9(8)7-3-2-6-14-7/h1-6H,(H2,10,12,13). The van der Waals surface area contributed by atoms with Gasteiger partial charge >= 0.3 is 0 Å². The number of nitrogens with two attached hydrogens (primary N) is 1. The van der Waals surface area contributed by atoms with Gasteiger partial charge in [-0.15, -0.1) is 0 Å². The lowest BCUT2D eigenvalue weighted by atomic mass is 10.3. The van der Waals surface area contributed by atoms with Gasteiger partial charge in [-0.05, 0) is 24.3 Å². The quantitative estimate of drug-likeness (QED) is 0.824. The molecule has 0 aromatic carbocycles.